The van der Waals surface area contributed by atoms with Gasteiger partial charge in [0.25, 0.3) is 0 Å². The number of alkyl halides is 4. The zero-order valence-corrected chi connectivity index (χ0v) is 13.1. The van der Waals surface area contributed by atoms with Crippen molar-refractivity contribution < 1.29 is 17.9 Å². The minimum absolute atomic E-state index is 0.349. The summed E-state index contributed by atoms with van der Waals surface area (Å²) in [5.41, 5.74) is 0. The number of hydrogen-bond acceptors (Lipinski definition) is 2. The van der Waals surface area contributed by atoms with Gasteiger partial charge in [0.05, 0.1) is 6.10 Å². The molecular weight excluding hydrogens is 309 g/mol. The second-order valence-corrected chi connectivity index (χ2v) is 7.86. The molecule has 6 heteroatoms. The van der Waals surface area contributed by atoms with E-state index in [4.69, 9.17) is 11.6 Å². The predicted molar refractivity (Wildman–Crippen MR) is 77.2 cm³/mol. The number of rotatable bonds is 4. The first-order valence-corrected chi connectivity index (χ1v) is 8.91. The van der Waals surface area contributed by atoms with E-state index in [1.807, 2.05) is 11.8 Å². The summed E-state index contributed by atoms with van der Waals surface area (Å²) in [6.07, 6.45) is 2.28. The van der Waals surface area contributed by atoms with Gasteiger partial charge in [-0.1, -0.05) is 0 Å². The van der Waals surface area contributed by atoms with Crippen molar-refractivity contribution >= 4 is 23.4 Å². The summed E-state index contributed by atoms with van der Waals surface area (Å²) >= 11 is 8.08. The van der Waals surface area contributed by atoms with Crippen LogP contribution in [0.3, 0.4) is 0 Å². The zero-order chi connectivity index (χ0) is 14.6. The third-order valence-electron chi connectivity index (χ3n) is 4.27. The van der Waals surface area contributed by atoms with E-state index < -0.39 is 12.5 Å². The first-order chi connectivity index (χ1) is 9.42. The van der Waals surface area contributed by atoms with Crippen LogP contribution in [-0.2, 0) is 4.74 Å². The van der Waals surface area contributed by atoms with Crippen molar-refractivity contribution in [2.75, 3.05) is 5.75 Å². The van der Waals surface area contributed by atoms with Gasteiger partial charge < -0.3 is 0 Å². The van der Waals surface area contributed by atoms with E-state index in [1.165, 1.54) is 12.8 Å². The van der Waals surface area contributed by atoms with Crippen LogP contribution >= 0.6 is 23.4 Å². The van der Waals surface area contributed by atoms with Gasteiger partial charge in [-0.05, 0) is 63.0 Å². The van der Waals surface area contributed by atoms with Gasteiger partial charge in [0.2, 0.25) is 0 Å². The van der Waals surface area contributed by atoms with Gasteiger partial charge in [-0.15, -0.1) is 24.8 Å². The van der Waals surface area contributed by atoms with Crippen molar-refractivity contribution in [3.63, 3.8) is 0 Å². The van der Waals surface area contributed by atoms with E-state index in [1.54, 1.807) is 0 Å². The summed E-state index contributed by atoms with van der Waals surface area (Å²) in [5.74, 6) is 1.64. The summed E-state index contributed by atoms with van der Waals surface area (Å²) in [6, 6.07) is 0. The van der Waals surface area contributed by atoms with Gasteiger partial charge in [0.1, 0.15) is 0 Å². The molecule has 0 aromatic heterocycles. The molecule has 0 radical (unpaired) electrons. The molecule has 2 rings (SSSR count). The summed E-state index contributed by atoms with van der Waals surface area (Å²) in [4.78, 5) is 0. The number of ether oxygens (including phenoxy) is 1. The lowest BCUT2D eigenvalue weighted by molar-refractivity contribution is -0.345. The van der Waals surface area contributed by atoms with Crippen LogP contribution in [0.5, 0.6) is 0 Å². The van der Waals surface area contributed by atoms with Crippen LogP contribution in [0.4, 0.5) is 13.2 Å². The molecule has 2 aliphatic rings. The lowest BCUT2D eigenvalue weighted by Gasteiger charge is -2.30. The van der Waals surface area contributed by atoms with Crippen molar-refractivity contribution in [1.29, 1.82) is 0 Å². The van der Waals surface area contributed by atoms with E-state index in [0.717, 1.165) is 31.4 Å². The van der Waals surface area contributed by atoms with E-state index in [-0.39, 0.29) is 0 Å². The van der Waals surface area contributed by atoms with Crippen molar-refractivity contribution in [3.05, 3.63) is 0 Å². The Hall–Kier alpha value is 0.390. The normalized spacial score (nSPS) is 36.0. The van der Waals surface area contributed by atoms with Crippen LogP contribution in [0.2, 0.25) is 0 Å². The maximum Gasteiger partial charge on any atom is 0.522 e. The van der Waals surface area contributed by atoms with Gasteiger partial charge in [-0.25, -0.2) is 0 Å². The van der Waals surface area contributed by atoms with Gasteiger partial charge in [-0.3, -0.25) is 4.74 Å². The Kier molecular flexibility index (Phi) is 6.36. The minimum Gasteiger partial charge on any atom is -0.289 e. The van der Waals surface area contributed by atoms with E-state index in [9.17, 15) is 13.2 Å². The Morgan fingerprint density at radius 2 is 1.55 bits per heavy atom. The maximum absolute atomic E-state index is 12.1. The van der Waals surface area contributed by atoms with Crippen molar-refractivity contribution in [2.24, 2.45) is 5.92 Å². The van der Waals surface area contributed by atoms with Crippen LogP contribution in [0.25, 0.3) is 0 Å². The highest BCUT2D eigenvalue weighted by molar-refractivity contribution is 7.99. The Labute approximate surface area is 128 Å². The van der Waals surface area contributed by atoms with E-state index in [0.29, 0.717) is 29.4 Å². The van der Waals surface area contributed by atoms with Gasteiger partial charge in [0, 0.05) is 10.6 Å². The average Bonchev–Trinajstić information content (AvgIpc) is 2.38. The number of hydrogen-bond donors (Lipinski definition) is 0. The van der Waals surface area contributed by atoms with Crippen molar-refractivity contribution in [3.8, 4) is 0 Å². The monoisotopic (exact) mass is 330 g/mol. The SMILES string of the molecule is FC(F)(F)OC1CCC(CSC2CCC(Cl)CC2)CC1. The highest BCUT2D eigenvalue weighted by Gasteiger charge is 2.35. The van der Waals surface area contributed by atoms with Gasteiger partial charge in [-0.2, -0.15) is 11.8 Å². The topological polar surface area (TPSA) is 9.23 Å². The molecule has 2 saturated carbocycles. The Balaban J connectivity index is 1.60. The fourth-order valence-corrected chi connectivity index (χ4v) is 4.80. The maximum atomic E-state index is 12.1. The molecular formula is C14H22ClF3OS. The lowest BCUT2D eigenvalue weighted by atomic mass is 9.89. The van der Waals surface area contributed by atoms with Crippen molar-refractivity contribution in [1.82, 2.24) is 0 Å². The lowest BCUT2D eigenvalue weighted by Crippen LogP contribution is -2.29. The molecule has 20 heavy (non-hydrogen) atoms. The second-order valence-electron chi connectivity index (χ2n) is 5.91. The fourth-order valence-electron chi connectivity index (χ4n) is 3.07. The fraction of sp³-hybridized carbons (Fsp3) is 1.00. The largest absolute Gasteiger partial charge is 0.522 e. The summed E-state index contributed by atoms with van der Waals surface area (Å²) in [5, 5.41) is 1.05. The quantitative estimate of drug-likeness (QED) is 0.641. The summed E-state index contributed by atoms with van der Waals surface area (Å²) in [6.45, 7) is 0. The molecule has 0 N–H and O–H groups in total. The van der Waals surface area contributed by atoms with Crippen LogP contribution in [0, 0.1) is 5.92 Å². The molecule has 0 amide bonds. The summed E-state index contributed by atoms with van der Waals surface area (Å²) < 4.78 is 40.5. The first kappa shape index (κ1) is 16.8. The smallest absolute Gasteiger partial charge is 0.289 e. The van der Waals surface area contributed by atoms with Crippen molar-refractivity contribution in [2.45, 2.75) is 74.5 Å². The molecule has 0 bridgehead atoms. The Morgan fingerprint density at radius 3 is 2.10 bits per heavy atom. The highest BCUT2D eigenvalue weighted by Crippen LogP contribution is 2.36. The standard InChI is InChI=1S/C14H22ClF3OS/c15-11-3-7-13(8-4-11)20-9-10-1-5-12(6-2-10)19-14(16,17)18/h10-13H,1-9H2. The van der Waals surface area contributed by atoms with E-state index in [2.05, 4.69) is 4.74 Å². The molecule has 0 spiro atoms. The van der Waals surface area contributed by atoms with Crippen LogP contribution in [0.15, 0.2) is 0 Å². The molecule has 0 aromatic carbocycles. The van der Waals surface area contributed by atoms with Crippen LogP contribution < -0.4 is 0 Å². The van der Waals surface area contributed by atoms with Crippen LogP contribution in [0.1, 0.15) is 51.4 Å². The van der Waals surface area contributed by atoms with Crippen LogP contribution in [-0.4, -0.2) is 28.8 Å². The third kappa shape index (κ3) is 6.02. The Morgan fingerprint density at radius 1 is 0.950 bits per heavy atom. The molecule has 118 valence electrons. The number of thioether (sulfide) groups is 1. The molecule has 2 aliphatic carbocycles. The van der Waals surface area contributed by atoms with Gasteiger partial charge >= 0.3 is 6.36 Å². The Bertz CT molecular complexity index is 285. The molecule has 0 aliphatic heterocycles. The molecule has 0 unspecified atom stereocenters. The van der Waals surface area contributed by atoms with E-state index >= 15 is 0 Å². The van der Waals surface area contributed by atoms with Gasteiger partial charge in [0.15, 0.2) is 0 Å². The number of halogens is 4. The zero-order valence-electron chi connectivity index (χ0n) is 11.5. The minimum atomic E-state index is -4.48. The second kappa shape index (κ2) is 7.59. The first-order valence-electron chi connectivity index (χ1n) is 7.42. The molecule has 0 aromatic rings. The predicted octanol–water partition coefficient (Wildman–Crippen LogP) is 5.36. The third-order valence-corrected chi connectivity index (χ3v) is 6.31. The summed E-state index contributed by atoms with van der Waals surface area (Å²) in [7, 11) is 0. The molecule has 2 fully saturated rings. The molecule has 0 heterocycles. The highest BCUT2D eigenvalue weighted by atomic mass is 35.5. The molecule has 1 nitrogen and oxygen atoms in total. The molecule has 0 saturated heterocycles. The molecule has 0 atom stereocenters. The average molecular weight is 331 g/mol.